The van der Waals surface area contributed by atoms with Gasteiger partial charge in [0.25, 0.3) is 0 Å². The maximum Gasteiger partial charge on any atom is 0.307 e. The predicted molar refractivity (Wildman–Crippen MR) is 113 cm³/mol. The lowest BCUT2D eigenvalue weighted by Crippen LogP contribution is -2.27. The number of nitrogens with zero attached hydrogens (tertiary/aromatic N) is 1. The number of sulfonamides is 1. The smallest absolute Gasteiger partial charge is 0.307 e. The first-order valence-electron chi connectivity index (χ1n) is 9.88. The Morgan fingerprint density at radius 1 is 1.14 bits per heavy atom. The highest BCUT2D eigenvalue weighted by Crippen LogP contribution is 2.23. The minimum Gasteiger partial charge on any atom is -0.465 e. The van der Waals surface area contributed by atoms with Crippen molar-refractivity contribution in [2.45, 2.75) is 31.6 Å². The lowest BCUT2D eigenvalue weighted by Gasteiger charge is -2.18. The van der Waals surface area contributed by atoms with E-state index in [9.17, 15) is 13.2 Å². The van der Waals surface area contributed by atoms with Gasteiger partial charge in [-0.3, -0.25) is 4.79 Å². The fourth-order valence-corrected chi connectivity index (χ4v) is 4.49. The average molecular weight is 417 g/mol. The van der Waals surface area contributed by atoms with Gasteiger partial charge in [0.1, 0.15) is 0 Å². The summed E-state index contributed by atoms with van der Waals surface area (Å²) in [5.74, 6) is -0.0858. The molecule has 2 aromatic carbocycles. The van der Waals surface area contributed by atoms with Crippen LogP contribution < -0.4 is 9.62 Å². The van der Waals surface area contributed by atoms with Crippen molar-refractivity contribution in [1.29, 1.82) is 0 Å². The van der Waals surface area contributed by atoms with Crippen LogP contribution in [0, 0.1) is 19.8 Å². The summed E-state index contributed by atoms with van der Waals surface area (Å²) in [7, 11) is -3.63. The summed E-state index contributed by atoms with van der Waals surface area (Å²) in [4.78, 5) is 14.5. The molecule has 1 N–H and O–H groups in total. The van der Waals surface area contributed by atoms with E-state index in [1.54, 1.807) is 18.2 Å². The molecule has 0 unspecified atom stereocenters. The van der Waals surface area contributed by atoms with Gasteiger partial charge in [0, 0.05) is 31.2 Å². The third kappa shape index (κ3) is 5.81. The number of anilines is 1. The number of benzene rings is 2. The standard InChI is InChI=1S/C22H28N2O4S/c1-17-8-9-21(14-18(17)2)29(26,27)23-12-10-22(25)28-16-19-11-13-24(15-19)20-6-4-3-5-7-20/h3-9,14,19,23H,10-13,15-16H2,1-2H3/t19-/m0/s1. The number of nitrogens with one attached hydrogen (secondary N) is 1. The number of para-hydroxylation sites is 1. The van der Waals surface area contributed by atoms with Gasteiger partial charge in [-0.05, 0) is 55.7 Å². The van der Waals surface area contributed by atoms with Crippen molar-refractivity contribution >= 4 is 21.7 Å². The summed E-state index contributed by atoms with van der Waals surface area (Å²) in [6.45, 7) is 5.99. The van der Waals surface area contributed by atoms with Crippen molar-refractivity contribution in [2.24, 2.45) is 5.92 Å². The van der Waals surface area contributed by atoms with Gasteiger partial charge in [0.05, 0.1) is 17.9 Å². The lowest BCUT2D eigenvalue weighted by molar-refractivity contribution is -0.144. The third-order valence-corrected chi connectivity index (χ3v) is 6.76. The fraction of sp³-hybridized carbons (Fsp3) is 0.409. The molecular formula is C22H28N2O4S. The Hall–Kier alpha value is -2.38. The predicted octanol–water partition coefficient (Wildman–Crippen LogP) is 3.04. The third-order valence-electron chi connectivity index (χ3n) is 5.30. The molecule has 0 saturated carbocycles. The molecule has 0 aromatic heterocycles. The molecule has 156 valence electrons. The Labute approximate surface area is 172 Å². The second kappa shape index (κ2) is 9.41. The van der Waals surface area contributed by atoms with E-state index in [2.05, 4.69) is 21.8 Å². The summed E-state index contributed by atoms with van der Waals surface area (Å²) in [6, 6.07) is 15.2. The zero-order chi connectivity index (χ0) is 20.9. The molecule has 2 aromatic rings. The van der Waals surface area contributed by atoms with Gasteiger partial charge < -0.3 is 9.64 Å². The van der Waals surface area contributed by atoms with Crippen LogP contribution >= 0.6 is 0 Å². The van der Waals surface area contributed by atoms with Crippen LogP contribution in [0.2, 0.25) is 0 Å². The highest BCUT2D eigenvalue weighted by molar-refractivity contribution is 7.89. The number of aryl methyl sites for hydroxylation is 2. The monoisotopic (exact) mass is 416 g/mol. The molecule has 1 heterocycles. The number of ether oxygens (including phenoxy) is 1. The molecule has 1 saturated heterocycles. The minimum atomic E-state index is -3.63. The molecule has 0 spiro atoms. The van der Waals surface area contributed by atoms with E-state index in [4.69, 9.17) is 4.74 Å². The quantitative estimate of drug-likeness (QED) is 0.670. The van der Waals surface area contributed by atoms with Crippen molar-refractivity contribution in [3.63, 3.8) is 0 Å². The molecule has 1 atom stereocenters. The SMILES string of the molecule is Cc1ccc(S(=O)(=O)NCCC(=O)OC[C@H]2CCN(c3ccccc3)C2)cc1C. The van der Waals surface area contributed by atoms with Gasteiger partial charge in [0.15, 0.2) is 0 Å². The molecule has 3 rings (SSSR count). The summed E-state index contributed by atoms with van der Waals surface area (Å²) in [5.41, 5.74) is 3.13. The van der Waals surface area contributed by atoms with Gasteiger partial charge >= 0.3 is 5.97 Å². The molecular weight excluding hydrogens is 388 g/mol. The van der Waals surface area contributed by atoms with Crippen LogP contribution in [0.1, 0.15) is 24.0 Å². The van der Waals surface area contributed by atoms with Crippen LogP contribution in [0.15, 0.2) is 53.4 Å². The lowest BCUT2D eigenvalue weighted by atomic mass is 10.1. The molecule has 29 heavy (non-hydrogen) atoms. The van der Waals surface area contributed by atoms with Crippen molar-refractivity contribution in [3.8, 4) is 0 Å². The summed E-state index contributed by atoms with van der Waals surface area (Å²) < 4.78 is 32.5. The Morgan fingerprint density at radius 2 is 1.90 bits per heavy atom. The number of carbonyl (C=O) groups is 1. The van der Waals surface area contributed by atoms with Gasteiger partial charge in [-0.1, -0.05) is 24.3 Å². The maximum atomic E-state index is 12.3. The summed E-state index contributed by atoms with van der Waals surface area (Å²) in [6.07, 6.45) is 0.987. The maximum absolute atomic E-state index is 12.3. The fourth-order valence-electron chi connectivity index (χ4n) is 3.38. The number of carbonyl (C=O) groups excluding carboxylic acids is 1. The van der Waals surface area contributed by atoms with Crippen LogP contribution in [0.25, 0.3) is 0 Å². The molecule has 0 bridgehead atoms. The van der Waals surface area contributed by atoms with E-state index in [0.29, 0.717) is 12.5 Å². The van der Waals surface area contributed by atoms with Crippen LogP contribution in [0.3, 0.4) is 0 Å². The number of rotatable bonds is 8. The molecule has 7 heteroatoms. The number of esters is 1. The molecule has 1 fully saturated rings. The topological polar surface area (TPSA) is 75.7 Å². The van der Waals surface area contributed by atoms with E-state index >= 15 is 0 Å². The van der Waals surface area contributed by atoms with Crippen molar-refractivity contribution < 1.29 is 17.9 Å². The number of hydrogen-bond acceptors (Lipinski definition) is 5. The average Bonchev–Trinajstić information content (AvgIpc) is 3.18. The molecule has 1 aliphatic rings. The Bertz CT molecular complexity index is 945. The zero-order valence-electron chi connectivity index (χ0n) is 16.9. The van der Waals surface area contributed by atoms with E-state index in [1.165, 1.54) is 5.69 Å². The molecule has 1 aliphatic heterocycles. The Kier molecular flexibility index (Phi) is 6.92. The van der Waals surface area contributed by atoms with E-state index < -0.39 is 10.0 Å². The first kappa shape index (κ1) is 21.3. The van der Waals surface area contributed by atoms with Crippen LogP contribution in [0.5, 0.6) is 0 Å². The Morgan fingerprint density at radius 3 is 2.62 bits per heavy atom. The van der Waals surface area contributed by atoms with Crippen molar-refractivity contribution in [2.75, 3.05) is 31.1 Å². The molecule has 6 nitrogen and oxygen atoms in total. The molecule has 0 amide bonds. The van der Waals surface area contributed by atoms with E-state index in [1.807, 2.05) is 32.0 Å². The minimum absolute atomic E-state index is 0.0131. The molecule has 0 aliphatic carbocycles. The van der Waals surface area contributed by atoms with Gasteiger partial charge in [-0.2, -0.15) is 0 Å². The van der Waals surface area contributed by atoms with Gasteiger partial charge in [-0.25, -0.2) is 13.1 Å². The van der Waals surface area contributed by atoms with Gasteiger partial charge in [0.2, 0.25) is 10.0 Å². The van der Waals surface area contributed by atoms with E-state index in [-0.39, 0.29) is 23.8 Å². The normalized spacial score (nSPS) is 16.8. The first-order chi connectivity index (χ1) is 13.8. The second-order valence-electron chi connectivity index (χ2n) is 7.51. The van der Waals surface area contributed by atoms with Crippen LogP contribution in [-0.2, 0) is 19.6 Å². The highest BCUT2D eigenvalue weighted by Gasteiger charge is 2.24. The summed E-state index contributed by atoms with van der Waals surface area (Å²) >= 11 is 0. The van der Waals surface area contributed by atoms with Crippen LogP contribution in [0.4, 0.5) is 5.69 Å². The molecule has 0 radical (unpaired) electrons. The summed E-state index contributed by atoms with van der Waals surface area (Å²) in [5, 5.41) is 0. The van der Waals surface area contributed by atoms with Gasteiger partial charge in [-0.15, -0.1) is 0 Å². The number of hydrogen-bond donors (Lipinski definition) is 1. The second-order valence-corrected chi connectivity index (χ2v) is 9.28. The van der Waals surface area contributed by atoms with E-state index in [0.717, 1.165) is 30.6 Å². The largest absolute Gasteiger partial charge is 0.465 e. The first-order valence-corrected chi connectivity index (χ1v) is 11.4. The highest BCUT2D eigenvalue weighted by atomic mass is 32.2. The van der Waals surface area contributed by atoms with Crippen LogP contribution in [-0.4, -0.2) is 40.6 Å². The van der Waals surface area contributed by atoms with Crippen molar-refractivity contribution in [1.82, 2.24) is 4.72 Å². The van der Waals surface area contributed by atoms with Crippen molar-refractivity contribution in [3.05, 3.63) is 59.7 Å². The Balaban J connectivity index is 1.39. The zero-order valence-corrected chi connectivity index (χ0v) is 17.7.